The molecule has 3 rings (SSSR count). The molecular weight excluding hydrogens is 290 g/mol. The first-order valence-corrected chi connectivity index (χ1v) is 7.64. The smallest absolute Gasteiger partial charge is 0.310 e. The number of halogens is 1. The van der Waals surface area contributed by atoms with Gasteiger partial charge in [0.05, 0.1) is 11.0 Å². The van der Waals surface area contributed by atoms with Gasteiger partial charge in [0.1, 0.15) is 0 Å². The summed E-state index contributed by atoms with van der Waals surface area (Å²) in [7, 11) is 0. The van der Waals surface area contributed by atoms with Crippen LogP contribution in [0.15, 0.2) is 24.3 Å². The summed E-state index contributed by atoms with van der Waals surface area (Å²) >= 11 is 6.00. The number of hydrogen-bond donors (Lipinski definition) is 2. The highest BCUT2D eigenvalue weighted by Gasteiger charge is 2.49. The van der Waals surface area contributed by atoms with Crippen LogP contribution >= 0.6 is 11.6 Å². The summed E-state index contributed by atoms with van der Waals surface area (Å²) in [5, 5.41) is 13.0. The van der Waals surface area contributed by atoms with E-state index in [1.54, 1.807) is 6.07 Å². The average Bonchev–Trinajstić information content (AvgIpc) is 3.14. The first-order valence-electron chi connectivity index (χ1n) is 7.26. The maximum Gasteiger partial charge on any atom is 0.310 e. The fourth-order valence-electron chi connectivity index (χ4n) is 3.09. The monoisotopic (exact) mass is 307 g/mol. The van der Waals surface area contributed by atoms with E-state index in [0.29, 0.717) is 17.9 Å². The highest BCUT2D eigenvalue weighted by molar-refractivity contribution is 6.30. The van der Waals surface area contributed by atoms with Gasteiger partial charge in [0.15, 0.2) is 0 Å². The third kappa shape index (κ3) is 2.64. The minimum Gasteiger partial charge on any atom is -0.481 e. The van der Waals surface area contributed by atoms with E-state index in [4.69, 9.17) is 11.6 Å². The molecule has 0 unspecified atom stereocenters. The molecule has 0 heterocycles. The highest BCUT2D eigenvalue weighted by atomic mass is 35.5. The van der Waals surface area contributed by atoms with Crippen LogP contribution in [0.25, 0.3) is 0 Å². The number of carboxylic acid groups (broad SMARTS) is 1. The summed E-state index contributed by atoms with van der Waals surface area (Å²) in [6.07, 6.45) is 3.90. The van der Waals surface area contributed by atoms with Crippen molar-refractivity contribution in [1.82, 2.24) is 5.32 Å². The van der Waals surface area contributed by atoms with Crippen LogP contribution in [-0.2, 0) is 15.1 Å². The Hall–Kier alpha value is -1.55. The van der Waals surface area contributed by atoms with Crippen LogP contribution < -0.4 is 5.32 Å². The summed E-state index contributed by atoms with van der Waals surface area (Å²) in [6.45, 7) is 0. The van der Waals surface area contributed by atoms with Crippen molar-refractivity contribution in [1.29, 1.82) is 0 Å². The lowest BCUT2D eigenvalue weighted by molar-refractivity contribution is -0.157. The topological polar surface area (TPSA) is 66.4 Å². The SMILES string of the molecule is O=C(CC1(C(=O)O)CCC1)NC1(c2cccc(Cl)c2)CC1. The first-order chi connectivity index (χ1) is 9.96. The zero-order valence-corrected chi connectivity index (χ0v) is 12.4. The number of hydrogen-bond acceptors (Lipinski definition) is 2. The number of carboxylic acids is 1. The van der Waals surface area contributed by atoms with Gasteiger partial charge in [-0.05, 0) is 43.4 Å². The van der Waals surface area contributed by atoms with Crippen LogP contribution in [0.5, 0.6) is 0 Å². The van der Waals surface area contributed by atoms with E-state index < -0.39 is 11.4 Å². The molecule has 0 saturated heterocycles. The molecular formula is C16H18ClNO3. The van der Waals surface area contributed by atoms with Gasteiger partial charge >= 0.3 is 5.97 Å². The third-order valence-electron chi connectivity index (χ3n) is 4.77. The van der Waals surface area contributed by atoms with Gasteiger partial charge in [-0.15, -0.1) is 0 Å². The molecule has 0 radical (unpaired) electrons. The Morgan fingerprint density at radius 3 is 2.43 bits per heavy atom. The van der Waals surface area contributed by atoms with Crippen molar-refractivity contribution in [2.45, 2.75) is 44.1 Å². The van der Waals surface area contributed by atoms with Crippen LogP contribution in [0.4, 0.5) is 0 Å². The van der Waals surface area contributed by atoms with Gasteiger partial charge in [0, 0.05) is 11.4 Å². The maximum absolute atomic E-state index is 12.3. The van der Waals surface area contributed by atoms with Gasteiger partial charge in [0.2, 0.25) is 5.91 Å². The molecule has 2 fully saturated rings. The van der Waals surface area contributed by atoms with Gasteiger partial charge in [-0.25, -0.2) is 0 Å². The highest BCUT2D eigenvalue weighted by Crippen LogP contribution is 2.48. The van der Waals surface area contributed by atoms with Gasteiger partial charge in [-0.3, -0.25) is 9.59 Å². The molecule has 112 valence electrons. The lowest BCUT2D eigenvalue weighted by Gasteiger charge is -2.37. The number of nitrogens with one attached hydrogen (secondary N) is 1. The van der Waals surface area contributed by atoms with Gasteiger partial charge in [-0.1, -0.05) is 30.2 Å². The Morgan fingerprint density at radius 1 is 1.24 bits per heavy atom. The van der Waals surface area contributed by atoms with E-state index in [-0.39, 0.29) is 17.9 Å². The second-order valence-corrected chi connectivity index (χ2v) is 6.69. The lowest BCUT2D eigenvalue weighted by Crippen LogP contribution is -2.44. The number of rotatable bonds is 5. The number of carbonyl (C=O) groups is 2. The summed E-state index contributed by atoms with van der Waals surface area (Å²) < 4.78 is 0. The number of carbonyl (C=O) groups excluding carboxylic acids is 1. The van der Waals surface area contributed by atoms with E-state index in [2.05, 4.69) is 5.32 Å². The minimum atomic E-state index is -0.850. The van der Waals surface area contributed by atoms with Crippen molar-refractivity contribution in [3.8, 4) is 0 Å². The van der Waals surface area contributed by atoms with E-state index in [9.17, 15) is 14.7 Å². The van der Waals surface area contributed by atoms with E-state index in [1.165, 1.54) is 0 Å². The van der Waals surface area contributed by atoms with Crippen molar-refractivity contribution in [2.75, 3.05) is 0 Å². The fraction of sp³-hybridized carbons (Fsp3) is 0.500. The second kappa shape index (κ2) is 5.02. The zero-order chi connectivity index (χ0) is 15.1. The van der Waals surface area contributed by atoms with Crippen molar-refractivity contribution in [3.63, 3.8) is 0 Å². The maximum atomic E-state index is 12.3. The third-order valence-corrected chi connectivity index (χ3v) is 5.00. The Kier molecular flexibility index (Phi) is 3.44. The molecule has 4 nitrogen and oxygen atoms in total. The van der Waals surface area contributed by atoms with Crippen molar-refractivity contribution >= 4 is 23.5 Å². The predicted octanol–water partition coefficient (Wildman–Crippen LogP) is 3.09. The largest absolute Gasteiger partial charge is 0.481 e. The molecule has 0 aromatic heterocycles. The van der Waals surface area contributed by atoms with Crippen LogP contribution in [0.1, 0.15) is 44.1 Å². The molecule has 0 spiro atoms. The van der Waals surface area contributed by atoms with Crippen molar-refractivity contribution in [3.05, 3.63) is 34.9 Å². The zero-order valence-electron chi connectivity index (χ0n) is 11.7. The second-order valence-electron chi connectivity index (χ2n) is 6.26. The summed E-state index contributed by atoms with van der Waals surface area (Å²) in [6, 6.07) is 7.49. The normalized spacial score (nSPS) is 21.2. The van der Waals surface area contributed by atoms with Crippen LogP contribution in [0.3, 0.4) is 0 Å². The van der Waals surface area contributed by atoms with Crippen molar-refractivity contribution in [2.24, 2.45) is 5.41 Å². The van der Waals surface area contributed by atoms with Gasteiger partial charge < -0.3 is 10.4 Å². The van der Waals surface area contributed by atoms with Crippen LogP contribution in [0.2, 0.25) is 5.02 Å². The van der Waals surface area contributed by atoms with Gasteiger partial charge in [-0.2, -0.15) is 0 Å². The Morgan fingerprint density at radius 2 is 1.95 bits per heavy atom. The molecule has 5 heteroatoms. The van der Waals surface area contributed by atoms with Gasteiger partial charge in [0.25, 0.3) is 0 Å². The lowest BCUT2D eigenvalue weighted by atomic mass is 9.66. The molecule has 2 N–H and O–H groups in total. The summed E-state index contributed by atoms with van der Waals surface area (Å²) in [4.78, 5) is 23.6. The molecule has 1 aromatic carbocycles. The molecule has 0 bridgehead atoms. The molecule has 2 saturated carbocycles. The standard InChI is InChI=1S/C16H18ClNO3/c17-12-4-1-3-11(9-12)16(7-8-16)18-13(19)10-15(14(20)21)5-2-6-15/h1,3-4,9H,2,5-8,10H2,(H,18,19)(H,20,21). The number of aliphatic carboxylic acids is 1. The van der Waals surface area contributed by atoms with Crippen molar-refractivity contribution < 1.29 is 14.7 Å². The Balaban J connectivity index is 1.69. The predicted molar refractivity (Wildman–Crippen MR) is 79.0 cm³/mol. The van der Waals surface area contributed by atoms with E-state index in [1.807, 2.05) is 18.2 Å². The number of amides is 1. The molecule has 21 heavy (non-hydrogen) atoms. The molecule has 1 amide bonds. The molecule has 0 atom stereocenters. The Bertz CT molecular complexity index is 591. The molecule has 1 aromatic rings. The minimum absolute atomic E-state index is 0.0741. The first kappa shape index (κ1) is 14.4. The van der Waals surface area contributed by atoms with Crippen LogP contribution in [-0.4, -0.2) is 17.0 Å². The van der Waals surface area contributed by atoms with Crippen LogP contribution in [0, 0.1) is 5.41 Å². The molecule has 2 aliphatic carbocycles. The number of benzene rings is 1. The summed E-state index contributed by atoms with van der Waals surface area (Å²) in [5.41, 5.74) is -0.179. The quantitative estimate of drug-likeness (QED) is 0.878. The Labute approximate surface area is 128 Å². The van der Waals surface area contributed by atoms with E-state index >= 15 is 0 Å². The molecule has 2 aliphatic rings. The summed E-state index contributed by atoms with van der Waals surface area (Å²) in [5.74, 6) is -1.02. The molecule has 0 aliphatic heterocycles. The van der Waals surface area contributed by atoms with E-state index in [0.717, 1.165) is 24.8 Å². The average molecular weight is 308 g/mol. The fourth-order valence-corrected chi connectivity index (χ4v) is 3.28.